The van der Waals surface area contributed by atoms with Gasteiger partial charge < -0.3 is 5.32 Å². The second kappa shape index (κ2) is 7.42. The number of hydrogen-bond acceptors (Lipinski definition) is 3. The number of sulfonamides is 1. The van der Waals surface area contributed by atoms with Gasteiger partial charge in [-0.05, 0) is 24.7 Å². The van der Waals surface area contributed by atoms with E-state index in [4.69, 9.17) is 0 Å². The van der Waals surface area contributed by atoms with E-state index in [1.807, 2.05) is 33.0 Å². The van der Waals surface area contributed by atoms with Gasteiger partial charge in [-0.2, -0.15) is 0 Å². The lowest BCUT2D eigenvalue weighted by molar-refractivity contribution is 0.520. The molecule has 0 bridgehead atoms. The zero-order chi connectivity index (χ0) is 13.5. The molecule has 1 aromatic carbocycles. The summed E-state index contributed by atoms with van der Waals surface area (Å²) in [5, 5.41) is 3.01. The van der Waals surface area contributed by atoms with Gasteiger partial charge in [-0.15, -0.1) is 0 Å². The summed E-state index contributed by atoms with van der Waals surface area (Å²) < 4.78 is 24.6. The van der Waals surface area contributed by atoms with Gasteiger partial charge in [0.25, 0.3) is 0 Å². The van der Waals surface area contributed by atoms with Crippen LogP contribution in [0.15, 0.2) is 29.2 Å². The van der Waals surface area contributed by atoms with Crippen LogP contribution < -0.4 is 5.32 Å². The van der Waals surface area contributed by atoms with Crippen molar-refractivity contribution in [3.63, 3.8) is 0 Å². The average molecular weight is 258 g/mol. The highest BCUT2D eigenvalue weighted by Gasteiger charge is 2.16. The van der Waals surface area contributed by atoms with E-state index in [0.717, 1.165) is 12.1 Å². The molecule has 98 valence electrons. The van der Waals surface area contributed by atoms with Crippen molar-refractivity contribution in [3.05, 3.63) is 29.8 Å². The lowest BCUT2D eigenvalue weighted by Gasteiger charge is -2.11. The van der Waals surface area contributed by atoms with Crippen LogP contribution in [0.4, 0.5) is 0 Å². The monoisotopic (exact) mass is 258 g/mol. The maximum atomic E-state index is 11.7. The minimum Gasteiger partial charge on any atom is -0.316 e. The van der Waals surface area contributed by atoms with Crippen LogP contribution >= 0.6 is 0 Å². The van der Waals surface area contributed by atoms with Gasteiger partial charge in [0.15, 0.2) is 0 Å². The Balaban J connectivity index is 0.00000121. The molecule has 0 radical (unpaired) electrons. The van der Waals surface area contributed by atoms with Crippen molar-refractivity contribution in [1.82, 2.24) is 9.62 Å². The SMILES string of the molecule is CC.CNCc1ccc(S(=O)(=O)N(C)C)cc1. The van der Waals surface area contributed by atoms with E-state index in [1.165, 1.54) is 18.4 Å². The minimum absolute atomic E-state index is 0.326. The number of nitrogens with one attached hydrogen (secondary N) is 1. The van der Waals surface area contributed by atoms with E-state index >= 15 is 0 Å². The van der Waals surface area contributed by atoms with Gasteiger partial charge in [-0.1, -0.05) is 26.0 Å². The van der Waals surface area contributed by atoms with Crippen LogP contribution in [0.3, 0.4) is 0 Å². The van der Waals surface area contributed by atoms with Gasteiger partial charge in [-0.25, -0.2) is 12.7 Å². The fourth-order valence-corrected chi connectivity index (χ4v) is 2.10. The second-order valence-corrected chi connectivity index (χ2v) is 5.61. The molecule has 17 heavy (non-hydrogen) atoms. The molecular formula is C12H22N2O2S. The summed E-state index contributed by atoms with van der Waals surface area (Å²) in [5.41, 5.74) is 1.07. The molecule has 1 rings (SSSR count). The number of benzene rings is 1. The molecular weight excluding hydrogens is 236 g/mol. The number of rotatable bonds is 4. The first-order valence-corrected chi connectivity index (χ1v) is 7.08. The molecule has 0 aliphatic heterocycles. The van der Waals surface area contributed by atoms with Crippen LogP contribution in [0.5, 0.6) is 0 Å². The van der Waals surface area contributed by atoms with Crippen LogP contribution in [0, 0.1) is 0 Å². The van der Waals surface area contributed by atoms with Crippen molar-refractivity contribution in [2.45, 2.75) is 25.3 Å². The smallest absolute Gasteiger partial charge is 0.242 e. The predicted molar refractivity (Wildman–Crippen MR) is 71.4 cm³/mol. The molecule has 5 heteroatoms. The quantitative estimate of drug-likeness (QED) is 0.894. The Morgan fingerprint density at radius 1 is 1.12 bits per heavy atom. The molecule has 0 saturated carbocycles. The highest BCUT2D eigenvalue weighted by atomic mass is 32.2. The van der Waals surface area contributed by atoms with Crippen LogP contribution in [0.1, 0.15) is 19.4 Å². The summed E-state index contributed by atoms with van der Waals surface area (Å²) in [4.78, 5) is 0.326. The first-order chi connectivity index (χ1) is 7.98. The maximum Gasteiger partial charge on any atom is 0.242 e. The van der Waals surface area contributed by atoms with E-state index in [-0.39, 0.29) is 0 Å². The highest BCUT2D eigenvalue weighted by Crippen LogP contribution is 2.13. The van der Waals surface area contributed by atoms with E-state index in [1.54, 1.807) is 12.1 Å². The molecule has 1 N–H and O–H groups in total. The normalized spacial score (nSPS) is 10.9. The van der Waals surface area contributed by atoms with Crippen molar-refractivity contribution < 1.29 is 8.42 Å². The highest BCUT2D eigenvalue weighted by molar-refractivity contribution is 7.89. The third-order valence-corrected chi connectivity index (χ3v) is 3.91. The predicted octanol–water partition coefficient (Wildman–Crippen LogP) is 1.68. The minimum atomic E-state index is -3.30. The Bertz CT molecular complexity index is 411. The molecule has 0 atom stereocenters. The van der Waals surface area contributed by atoms with Gasteiger partial charge in [0.1, 0.15) is 0 Å². The molecule has 4 nitrogen and oxygen atoms in total. The molecule has 0 heterocycles. The molecule has 0 aliphatic carbocycles. The van der Waals surface area contributed by atoms with Crippen molar-refractivity contribution >= 4 is 10.0 Å². The first kappa shape index (κ1) is 16.1. The van der Waals surface area contributed by atoms with E-state index < -0.39 is 10.0 Å². The average Bonchev–Trinajstić information content (AvgIpc) is 2.32. The van der Waals surface area contributed by atoms with Crippen molar-refractivity contribution in [2.75, 3.05) is 21.1 Å². The second-order valence-electron chi connectivity index (χ2n) is 3.46. The Morgan fingerprint density at radius 3 is 1.94 bits per heavy atom. The Labute approximate surface area is 105 Å². The van der Waals surface area contributed by atoms with Crippen molar-refractivity contribution in [3.8, 4) is 0 Å². The summed E-state index contributed by atoms with van der Waals surface area (Å²) in [6.07, 6.45) is 0. The van der Waals surface area contributed by atoms with Gasteiger partial charge in [0.2, 0.25) is 10.0 Å². The van der Waals surface area contributed by atoms with Crippen LogP contribution in [-0.4, -0.2) is 33.9 Å². The summed E-state index contributed by atoms with van der Waals surface area (Å²) >= 11 is 0. The topological polar surface area (TPSA) is 49.4 Å². The summed E-state index contributed by atoms with van der Waals surface area (Å²) in [6, 6.07) is 6.88. The fourth-order valence-electron chi connectivity index (χ4n) is 1.19. The fraction of sp³-hybridized carbons (Fsp3) is 0.500. The molecule has 0 aromatic heterocycles. The molecule has 1 aromatic rings. The van der Waals surface area contributed by atoms with E-state index in [0.29, 0.717) is 4.90 Å². The van der Waals surface area contributed by atoms with Gasteiger partial charge in [0, 0.05) is 20.6 Å². The molecule has 0 spiro atoms. The zero-order valence-electron chi connectivity index (χ0n) is 11.2. The molecule has 0 amide bonds. The van der Waals surface area contributed by atoms with Gasteiger partial charge in [0.05, 0.1) is 4.90 Å². The third-order valence-electron chi connectivity index (χ3n) is 2.08. The van der Waals surface area contributed by atoms with Crippen LogP contribution in [0.2, 0.25) is 0 Å². The largest absolute Gasteiger partial charge is 0.316 e. The lowest BCUT2D eigenvalue weighted by Crippen LogP contribution is -2.22. The third kappa shape index (κ3) is 4.46. The standard InChI is InChI=1S/C10H16N2O2S.C2H6/c1-11-8-9-4-6-10(7-5-9)15(13,14)12(2)3;1-2/h4-7,11H,8H2,1-3H3;1-2H3. The Morgan fingerprint density at radius 2 is 1.59 bits per heavy atom. The number of nitrogens with zero attached hydrogens (tertiary/aromatic N) is 1. The number of hydrogen-bond donors (Lipinski definition) is 1. The van der Waals surface area contributed by atoms with Crippen molar-refractivity contribution in [1.29, 1.82) is 0 Å². The molecule has 0 saturated heterocycles. The summed E-state index contributed by atoms with van der Waals surface area (Å²) in [6.45, 7) is 4.74. The maximum absolute atomic E-state index is 11.7. The Kier molecular flexibility index (Phi) is 7.03. The molecule has 0 fully saturated rings. The van der Waals surface area contributed by atoms with Crippen LogP contribution in [0.25, 0.3) is 0 Å². The van der Waals surface area contributed by atoms with Gasteiger partial charge >= 0.3 is 0 Å². The lowest BCUT2D eigenvalue weighted by atomic mass is 10.2. The zero-order valence-corrected chi connectivity index (χ0v) is 12.0. The van der Waals surface area contributed by atoms with E-state index in [9.17, 15) is 8.42 Å². The molecule has 0 aliphatic rings. The van der Waals surface area contributed by atoms with Crippen molar-refractivity contribution in [2.24, 2.45) is 0 Å². The summed E-state index contributed by atoms with van der Waals surface area (Å²) in [7, 11) is 1.61. The van der Waals surface area contributed by atoms with Crippen LogP contribution in [-0.2, 0) is 16.6 Å². The van der Waals surface area contributed by atoms with E-state index in [2.05, 4.69) is 5.32 Å². The Hall–Kier alpha value is -0.910. The first-order valence-electron chi connectivity index (χ1n) is 5.64. The van der Waals surface area contributed by atoms with Gasteiger partial charge in [-0.3, -0.25) is 0 Å². The summed E-state index contributed by atoms with van der Waals surface area (Å²) in [5.74, 6) is 0. The molecule has 0 unspecified atom stereocenters.